The molecule has 174 valence electrons. The van der Waals surface area contributed by atoms with Gasteiger partial charge in [-0.05, 0) is 44.9 Å². The molecule has 0 aromatic carbocycles. The number of allylic oxidation sites excluding steroid dienone is 8. The van der Waals surface area contributed by atoms with Gasteiger partial charge in [0.25, 0.3) is 0 Å². The van der Waals surface area contributed by atoms with Gasteiger partial charge in [-0.3, -0.25) is 4.79 Å². The number of phosphoric acid groups is 1. The second kappa shape index (κ2) is 23.8. The minimum Gasteiger partial charge on any atom is -0.395 e. The Morgan fingerprint density at radius 3 is 1.67 bits per heavy atom. The second-order valence-corrected chi connectivity index (χ2v) is 7.59. The fourth-order valence-corrected chi connectivity index (χ4v) is 2.23. The average molecular weight is 446 g/mol. The number of rotatable bonds is 16. The zero-order valence-electron chi connectivity index (χ0n) is 18.2. The van der Waals surface area contributed by atoms with Crippen LogP contribution in [0.25, 0.3) is 0 Å². The third-order valence-corrected chi connectivity index (χ3v) is 3.67. The molecule has 0 saturated carbocycles. The Balaban J connectivity index is 0. The van der Waals surface area contributed by atoms with Crippen LogP contribution in [0.15, 0.2) is 48.6 Å². The molecular weight excluding hydrogens is 405 g/mol. The van der Waals surface area contributed by atoms with Crippen molar-refractivity contribution in [3.05, 3.63) is 48.6 Å². The van der Waals surface area contributed by atoms with Crippen LogP contribution in [0.4, 0.5) is 0 Å². The molecule has 0 spiro atoms. The Morgan fingerprint density at radius 1 is 0.800 bits per heavy atom. The van der Waals surface area contributed by atoms with E-state index >= 15 is 0 Å². The van der Waals surface area contributed by atoms with E-state index in [1.165, 1.54) is 25.7 Å². The number of amides is 1. The van der Waals surface area contributed by atoms with Gasteiger partial charge in [0.2, 0.25) is 5.91 Å². The molecule has 0 radical (unpaired) electrons. The Labute approximate surface area is 181 Å². The summed E-state index contributed by atoms with van der Waals surface area (Å²) in [7, 11) is -4.64. The van der Waals surface area contributed by atoms with Gasteiger partial charge >= 0.3 is 7.82 Å². The van der Waals surface area contributed by atoms with Crippen molar-refractivity contribution >= 4 is 13.7 Å². The standard InChI is InChI=1S/C22H37NO2.H3O4P/c1-2-3-4-5-6-7-8-9-10-11-12-13-14-15-16-17-18-19-22(25)23-20-21-24;1-5(2,3)4/h6-7,9-10,12-13,15-16,24H,2-5,8,11,14,17-21H2,1H3,(H,23,25);(H3,1,2,3,4)/b7-6-,10-9-,13-12-,16-15-;. The summed E-state index contributed by atoms with van der Waals surface area (Å²) in [5.74, 6) is 0.0185. The molecule has 0 rings (SSSR count). The summed E-state index contributed by atoms with van der Waals surface area (Å²) in [6, 6.07) is 0. The van der Waals surface area contributed by atoms with Crippen LogP contribution < -0.4 is 5.32 Å². The first-order chi connectivity index (χ1) is 14.3. The highest BCUT2D eigenvalue weighted by atomic mass is 31.2. The fourth-order valence-electron chi connectivity index (χ4n) is 2.23. The van der Waals surface area contributed by atoms with Crippen LogP contribution in [0, 0.1) is 0 Å². The van der Waals surface area contributed by atoms with E-state index in [9.17, 15) is 4.79 Å². The topological polar surface area (TPSA) is 127 Å². The van der Waals surface area contributed by atoms with E-state index in [0.29, 0.717) is 13.0 Å². The minimum atomic E-state index is -4.64. The Hall–Kier alpha value is -1.50. The van der Waals surface area contributed by atoms with Crippen molar-refractivity contribution < 1.29 is 29.1 Å². The first-order valence-electron chi connectivity index (χ1n) is 10.6. The predicted molar refractivity (Wildman–Crippen MR) is 123 cm³/mol. The first kappa shape index (κ1) is 30.7. The van der Waals surface area contributed by atoms with Crippen molar-refractivity contribution in [1.82, 2.24) is 5.32 Å². The van der Waals surface area contributed by atoms with Gasteiger partial charge in [0, 0.05) is 13.0 Å². The molecule has 1 amide bonds. The molecular formula is C22H40NO6P. The highest BCUT2D eigenvalue weighted by Gasteiger charge is 2.00. The van der Waals surface area contributed by atoms with E-state index in [0.717, 1.165) is 32.1 Å². The maximum Gasteiger partial charge on any atom is 0.466 e. The molecule has 0 aromatic heterocycles. The van der Waals surface area contributed by atoms with Crippen LogP contribution in [0.1, 0.15) is 71.1 Å². The Bertz CT molecular complexity index is 544. The van der Waals surface area contributed by atoms with E-state index in [1.54, 1.807) is 0 Å². The van der Waals surface area contributed by atoms with Gasteiger partial charge in [0.1, 0.15) is 0 Å². The van der Waals surface area contributed by atoms with Gasteiger partial charge in [-0.15, -0.1) is 0 Å². The summed E-state index contributed by atoms with van der Waals surface area (Å²) in [5, 5.41) is 11.2. The van der Waals surface area contributed by atoms with Crippen molar-refractivity contribution in [2.24, 2.45) is 0 Å². The van der Waals surface area contributed by atoms with E-state index in [2.05, 4.69) is 60.8 Å². The van der Waals surface area contributed by atoms with Gasteiger partial charge in [-0.1, -0.05) is 68.4 Å². The number of hydrogen-bond donors (Lipinski definition) is 5. The number of aliphatic hydroxyl groups is 1. The van der Waals surface area contributed by atoms with Gasteiger partial charge < -0.3 is 25.1 Å². The van der Waals surface area contributed by atoms with Crippen LogP contribution in [0.3, 0.4) is 0 Å². The van der Waals surface area contributed by atoms with Crippen molar-refractivity contribution in [1.29, 1.82) is 0 Å². The third kappa shape index (κ3) is 37.3. The molecule has 0 atom stereocenters. The van der Waals surface area contributed by atoms with E-state index in [-0.39, 0.29) is 12.5 Å². The molecule has 5 N–H and O–H groups in total. The monoisotopic (exact) mass is 445 g/mol. The highest BCUT2D eigenvalue weighted by molar-refractivity contribution is 7.45. The van der Waals surface area contributed by atoms with Gasteiger partial charge in [-0.25, -0.2) is 4.57 Å². The fraction of sp³-hybridized carbons (Fsp3) is 0.591. The van der Waals surface area contributed by atoms with E-state index < -0.39 is 7.82 Å². The lowest BCUT2D eigenvalue weighted by Crippen LogP contribution is -2.25. The van der Waals surface area contributed by atoms with Crippen LogP contribution in [0.5, 0.6) is 0 Å². The van der Waals surface area contributed by atoms with Crippen molar-refractivity contribution in [2.45, 2.75) is 71.1 Å². The van der Waals surface area contributed by atoms with Crippen molar-refractivity contribution in [3.63, 3.8) is 0 Å². The smallest absolute Gasteiger partial charge is 0.395 e. The third-order valence-electron chi connectivity index (χ3n) is 3.67. The lowest BCUT2D eigenvalue weighted by atomic mass is 10.2. The quantitative estimate of drug-likeness (QED) is 0.137. The molecule has 0 bridgehead atoms. The van der Waals surface area contributed by atoms with Gasteiger partial charge in [0.05, 0.1) is 6.61 Å². The maximum atomic E-state index is 11.3. The van der Waals surface area contributed by atoms with Crippen LogP contribution in [0.2, 0.25) is 0 Å². The Kier molecular flexibility index (Phi) is 24.3. The molecule has 0 unspecified atom stereocenters. The number of carbonyl (C=O) groups excluding carboxylic acids is 1. The molecule has 0 aliphatic heterocycles. The molecule has 7 nitrogen and oxygen atoms in total. The molecule has 0 heterocycles. The molecule has 0 aliphatic carbocycles. The summed E-state index contributed by atoms with van der Waals surface area (Å²) in [6.45, 7) is 2.59. The van der Waals surface area contributed by atoms with E-state index in [4.69, 9.17) is 24.4 Å². The van der Waals surface area contributed by atoms with Crippen LogP contribution >= 0.6 is 7.82 Å². The number of carbonyl (C=O) groups is 1. The van der Waals surface area contributed by atoms with E-state index in [1.807, 2.05) is 0 Å². The summed E-state index contributed by atoms with van der Waals surface area (Å²) in [6.07, 6.45) is 28.0. The molecule has 30 heavy (non-hydrogen) atoms. The number of hydrogen-bond acceptors (Lipinski definition) is 3. The zero-order valence-corrected chi connectivity index (χ0v) is 19.1. The summed E-state index contributed by atoms with van der Waals surface area (Å²) in [5.41, 5.74) is 0. The van der Waals surface area contributed by atoms with Gasteiger partial charge in [0.15, 0.2) is 0 Å². The molecule has 0 aromatic rings. The first-order valence-corrected chi connectivity index (χ1v) is 12.1. The molecule has 8 heteroatoms. The van der Waals surface area contributed by atoms with Crippen LogP contribution in [-0.2, 0) is 9.36 Å². The maximum absolute atomic E-state index is 11.3. The lowest BCUT2D eigenvalue weighted by molar-refractivity contribution is -0.121. The average Bonchev–Trinajstić information content (AvgIpc) is 2.67. The number of nitrogens with one attached hydrogen (secondary N) is 1. The molecule has 0 fully saturated rings. The number of unbranched alkanes of at least 4 members (excludes halogenated alkanes) is 4. The van der Waals surface area contributed by atoms with Crippen molar-refractivity contribution in [3.8, 4) is 0 Å². The zero-order chi connectivity index (χ0) is 22.9. The van der Waals surface area contributed by atoms with Crippen LogP contribution in [-0.4, -0.2) is 38.8 Å². The summed E-state index contributed by atoms with van der Waals surface area (Å²) >= 11 is 0. The second-order valence-electron chi connectivity index (χ2n) is 6.57. The molecule has 0 saturated heterocycles. The molecule has 0 aliphatic rings. The Morgan fingerprint density at radius 2 is 1.23 bits per heavy atom. The number of aliphatic hydroxyl groups excluding tert-OH is 1. The predicted octanol–water partition coefficient (Wildman–Crippen LogP) is 4.31. The normalized spacial score (nSPS) is 12.2. The van der Waals surface area contributed by atoms with Crippen molar-refractivity contribution in [2.75, 3.05) is 13.2 Å². The minimum absolute atomic E-state index is 0.00289. The summed E-state index contributed by atoms with van der Waals surface area (Å²) < 4.78 is 8.88. The highest BCUT2D eigenvalue weighted by Crippen LogP contribution is 2.25. The largest absolute Gasteiger partial charge is 0.466 e. The lowest BCUT2D eigenvalue weighted by Gasteiger charge is -2.00. The van der Waals surface area contributed by atoms with Gasteiger partial charge in [-0.2, -0.15) is 0 Å². The SMILES string of the molecule is CCCCC/C=C\C/C=C\C/C=C\C/C=C\CCCC(=O)NCCO.O=P(O)(O)O. The summed E-state index contributed by atoms with van der Waals surface area (Å²) in [4.78, 5) is 32.9.